The second-order valence-electron chi connectivity index (χ2n) is 9.14. The quantitative estimate of drug-likeness (QED) is 0.303. The van der Waals surface area contributed by atoms with Gasteiger partial charge in [0.2, 0.25) is 0 Å². The van der Waals surface area contributed by atoms with E-state index >= 15 is 0 Å². The normalized spacial score (nSPS) is 14.0. The number of ether oxygens (including phenoxy) is 3. The van der Waals surface area contributed by atoms with Crippen LogP contribution in [0.3, 0.4) is 0 Å². The van der Waals surface area contributed by atoms with Gasteiger partial charge in [0.05, 0.1) is 36.8 Å². The second-order valence-corrected chi connectivity index (χ2v) is 9.14. The molecule has 0 saturated carbocycles. The summed E-state index contributed by atoms with van der Waals surface area (Å²) < 4.78 is 16.7. The summed E-state index contributed by atoms with van der Waals surface area (Å²) in [6, 6.07) is 7.22. The minimum atomic E-state index is -0.643. The fourth-order valence-corrected chi connectivity index (χ4v) is 4.60. The van der Waals surface area contributed by atoms with Gasteiger partial charge < -0.3 is 19.5 Å². The van der Waals surface area contributed by atoms with Gasteiger partial charge in [-0.1, -0.05) is 52.7 Å². The number of nitrogens with one attached hydrogen (secondary N) is 1. The first-order chi connectivity index (χ1) is 18.3. The van der Waals surface area contributed by atoms with Gasteiger partial charge in [-0.15, -0.1) is 0 Å². The number of esters is 2. The smallest absolute Gasteiger partial charge is 0.336 e. The van der Waals surface area contributed by atoms with E-state index < -0.39 is 17.9 Å². The van der Waals surface area contributed by atoms with Crippen molar-refractivity contribution in [2.24, 2.45) is 0 Å². The van der Waals surface area contributed by atoms with Gasteiger partial charge in [-0.2, -0.15) is 0 Å². The Hall–Kier alpha value is -3.13. The second kappa shape index (κ2) is 16.0. The maximum Gasteiger partial charge on any atom is 0.336 e. The maximum atomic E-state index is 13.3. The van der Waals surface area contributed by atoms with Crippen molar-refractivity contribution in [1.82, 2.24) is 10.2 Å². The Morgan fingerprint density at radius 1 is 0.789 bits per heavy atom. The molecule has 1 heterocycles. The first kappa shape index (κ1) is 31.1. The van der Waals surface area contributed by atoms with Gasteiger partial charge in [0.1, 0.15) is 12.4 Å². The van der Waals surface area contributed by atoms with Crippen molar-refractivity contribution in [3.63, 3.8) is 0 Å². The molecule has 2 rings (SSSR count). The van der Waals surface area contributed by atoms with E-state index in [0.717, 1.165) is 42.9 Å². The average molecular weight is 529 g/mol. The Balaban J connectivity index is 2.48. The first-order valence-corrected chi connectivity index (χ1v) is 13.9. The molecule has 0 radical (unpaired) electrons. The summed E-state index contributed by atoms with van der Waals surface area (Å²) in [6.07, 6.45) is 2.93. The zero-order valence-electron chi connectivity index (χ0n) is 23.9. The molecule has 0 atom stereocenters. The van der Waals surface area contributed by atoms with Crippen molar-refractivity contribution in [1.29, 1.82) is 0 Å². The highest BCUT2D eigenvalue weighted by molar-refractivity contribution is 6.00. The van der Waals surface area contributed by atoms with Crippen LogP contribution in [0.25, 0.3) is 0 Å². The number of likely N-dealkylation sites (N-methyl/N-ethyl adjacent to an activating group) is 1. The lowest BCUT2D eigenvalue weighted by molar-refractivity contribution is -0.139. The molecule has 1 aliphatic heterocycles. The van der Waals surface area contributed by atoms with Crippen molar-refractivity contribution in [2.75, 3.05) is 39.5 Å². The molecule has 0 aliphatic carbocycles. The standard InChI is InChI=1S/C30H44N2O6/c1-7-13-24-27(29(34)36-11-5)26(28(30(35)37-12-6)25(31-24)14-8-2)21-15-17-23(18-16-21)38-20-22(33)19-32(9-3)10-4/h15-18,26,31H,7-14,19-20H2,1-6H3. The number of carbonyl (C=O) groups excluding carboxylic acids is 3. The summed E-state index contributed by atoms with van der Waals surface area (Å²) in [6.45, 7) is 14.1. The van der Waals surface area contributed by atoms with Crippen molar-refractivity contribution < 1.29 is 28.6 Å². The molecule has 38 heavy (non-hydrogen) atoms. The van der Waals surface area contributed by atoms with Crippen LogP contribution in [-0.2, 0) is 23.9 Å². The van der Waals surface area contributed by atoms with Crippen LogP contribution in [0.2, 0.25) is 0 Å². The van der Waals surface area contributed by atoms with Gasteiger partial charge in [0.15, 0.2) is 5.78 Å². The van der Waals surface area contributed by atoms with Crippen LogP contribution in [0.1, 0.15) is 78.7 Å². The molecule has 0 amide bonds. The van der Waals surface area contributed by atoms with E-state index in [1.165, 1.54) is 0 Å². The number of Topliss-reactive ketones (excluding diaryl/α,β-unsaturated/α-hetero) is 1. The van der Waals surface area contributed by atoms with Gasteiger partial charge in [0.25, 0.3) is 0 Å². The molecule has 0 unspecified atom stereocenters. The summed E-state index contributed by atoms with van der Waals surface area (Å²) >= 11 is 0. The lowest BCUT2D eigenvalue weighted by atomic mass is 9.79. The largest absolute Gasteiger partial charge is 0.486 e. The van der Waals surface area contributed by atoms with Crippen molar-refractivity contribution in [3.8, 4) is 5.75 Å². The molecule has 1 N–H and O–H groups in total. The fourth-order valence-electron chi connectivity index (χ4n) is 4.60. The van der Waals surface area contributed by atoms with E-state index in [9.17, 15) is 14.4 Å². The predicted molar refractivity (Wildman–Crippen MR) is 148 cm³/mol. The monoisotopic (exact) mass is 528 g/mol. The molecule has 210 valence electrons. The molecule has 0 saturated heterocycles. The average Bonchev–Trinajstić information content (AvgIpc) is 2.91. The summed E-state index contributed by atoms with van der Waals surface area (Å²) in [5.41, 5.74) is 3.16. The van der Waals surface area contributed by atoms with Crippen LogP contribution < -0.4 is 10.1 Å². The number of nitrogens with zero attached hydrogens (tertiary/aromatic N) is 1. The van der Waals surface area contributed by atoms with E-state index in [4.69, 9.17) is 14.2 Å². The van der Waals surface area contributed by atoms with Crippen molar-refractivity contribution in [3.05, 3.63) is 52.4 Å². The Labute approximate surface area is 227 Å². The number of ketones is 1. The van der Waals surface area contributed by atoms with Gasteiger partial charge in [-0.25, -0.2) is 9.59 Å². The summed E-state index contributed by atoms with van der Waals surface area (Å²) in [5, 5.41) is 3.39. The summed E-state index contributed by atoms with van der Waals surface area (Å²) in [5.74, 6) is -0.997. The van der Waals surface area contributed by atoms with Crippen LogP contribution in [0.5, 0.6) is 5.75 Å². The van der Waals surface area contributed by atoms with Crippen LogP contribution in [0, 0.1) is 0 Å². The SMILES string of the molecule is CCCC1=C(C(=O)OCC)C(c2ccc(OCC(=O)CN(CC)CC)cc2)C(C(=O)OCC)=C(CCC)N1. The Morgan fingerprint density at radius 3 is 1.71 bits per heavy atom. The van der Waals surface area contributed by atoms with Gasteiger partial charge in [0, 0.05) is 11.4 Å². The molecule has 8 heteroatoms. The van der Waals surface area contributed by atoms with Crippen molar-refractivity contribution in [2.45, 2.75) is 73.1 Å². The molecule has 1 aliphatic rings. The highest BCUT2D eigenvalue weighted by Gasteiger charge is 2.39. The molecule has 0 bridgehead atoms. The molecular weight excluding hydrogens is 484 g/mol. The van der Waals surface area contributed by atoms with Crippen LogP contribution in [0.4, 0.5) is 0 Å². The first-order valence-electron chi connectivity index (χ1n) is 13.9. The van der Waals surface area contributed by atoms with E-state index in [-0.39, 0.29) is 25.6 Å². The van der Waals surface area contributed by atoms with Crippen LogP contribution in [-0.4, -0.2) is 62.1 Å². The number of hydrogen-bond donors (Lipinski definition) is 1. The number of dihydropyridines is 1. The third kappa shape index (κ3) is 8.18. The minimum Gasteiger partial charge on any atom is -0.486 e. The summed E-state index contributed by atoms with van der Waals surface area (Å²) in [4.78, 5) is 40.9. The van der Waals surface area contributed by atoms with Gasteiger partial charge >= 0.3 is 11.9 Å². The number of benzene rings is 1. The maximum absolute atomic E-state index is 13.3. The molecule has 1 aromatic carbocycles. The van der Waals surface area contributed by atoms with Gasteiger partial charge in [-0.05, 0) is 57.5 Å². The van der Waals surface area contributed by atoms with Crippen LogP contribution in [0.15, 0.2) is 46.8 Å². The number of carbonyl (C=O) groups is 3. The van der Waals surface area contributed by atoms with E-state index in [0.29, 0.717) is 36.3 Å². The molecule has 0 aromatic heterocycles. The number of hydrogen-bond acceptors (Lipinski definition) is 8. The van der Waals surface area contributed by atoms with Crippen molar-refractivity contribution >= 4 is 17.7 Å². The molecule has 1 aromatic rings. The zero-order valence-corrected chi connectivity index (χ0v) is 23.9. The van der Waals surface area contributed by atoms with Crippen LogP contribution >= 0.6 is 0 Å². The molecule has 0 fully saturated rings. The third-order valence-electron chi connectivity index (χ3n) is 6.43. The Morgan fingerprint density at radius 2 is 1.29 bits per heavy atom. The fraction of sp³-hybridized carbons (Fsp3) is 0.567. The minimum absolute atomic E-state index is 0.00427. The Kier molecular flexibility index (Phi) is 13.1. The molecule has 8 nitrogen and oxygen atoms in total. The predicted octanol–water partition coefficient (Wildman–Crippen LogP) is 4.90. The highest BCUT2D eigenvalue weighted by Crippen LogP contribution is 2.41. The topological polar surface area (TPSA) is 94.2 Å². The molecule has 0 spiro atoms. The summed E-state index contributed by atoms with van der Waals surface area (Å²) in [7, 11) is 0. The lowest BCUT2D eigenvalue weighted by Gasteiger charge is -2.32. The number of rotatable bonds is 16. The molecular formula is C30H44N2O6. The van der Waals surface area contributed by atoms with Gasteiger partial charge in [-0.3, -0.25) is 9.69 Å². The van der Waals surface area contributed by atoms with E-state index in [1.54, 1.807) is 26.0 Å². The highest BCUT2D eigenvalue weighted by atomic mass is 16.5. The van der Waals surface area contributed by atoms with E-state index in [2.05, 4.69) is 5.32 Å². The number of allylic oxidation sites excluding steroid dienone is 2. The lowest BCUT2D eigenvalue weighted by Crippen LogP contribution is -2.34. The Bertz CT molecular complexity index is 964. The van der Waals surface area contributed by atoms with E-state index in [1.807, 2.05) is 44.7 Å². The third-order valence-corrected chi connectivity index (χ3v) is 6.43. The zero-order chi connectivity index (χ0) is 28.1.